The summed E-state index contributed by atoms with van der Waals surface area (Å²) in [7, 11) is 0. The minimum absolute atomic E-state index is 0.0279. The second-order valence-corrected chi connectivity index (χ2v) is 5.86. The summed E-state index contributed by atoms with van der Waals surface area (Å²) in [5.74, 6) is -2.73. The molecule has 2 aromatic carbocycles. The molecule has 25 heavy (non-hydrogen) atoms. The molecule has 128 valence electrons. The minimum Gasteiger partial charge on any atom is -0.478 e. The molecule has 0 spiro atoms. The first-order valence-corrected chi connectivity index (χ1v) is 7.66. The van der Waals surface area contributed by atoms with Crippen molar-refractivity contribution < 1.29 is 23.9 Å². The van der Waals surface area contributed by atoms with Crippen LogP contribution in [0.2, 0.25) is 5.02 Å². The van der Waals surface area contributed by atoms with Gasteiger partial charge in [0.2, 0.25) is 5.91 Å². The number of nitrogens with zero attached hydrogens (tertiary/aromatic N) is 1. The third-order valence-corrected chi connectivity index (χ3v) is 4.05. The molecule has 1 atom stereocenters. The van der Waals surface area contributed by atoms with Gasteiger partial charge in [0, 0.05) is 5.69 Å². The monoisotopic (exact) mass is 362 g/mol. The molecule has 1 unspecified atom stereocenters. The van der Waals surface area contributed by atoms with Gasteiger partial charge in [0.25, 0.3) is 5.91 Å². The topological polar surface area (TPSA) is 86.7 Å². The molecule has 1 saturated heterocycles. The number of rotatable bonds is 4. The smallest absolute Gasteiger partial charge is 0.335 e. The van der Waals surface area contributed by atoms with Gasteiger partial charge in [0.05, 0.1) is 22.7 Å². The van der Waals surface area contributed by atoms with E-state index in [4.69, 9.17) is 16.7 Å². The summed E-state index contributed by atoms with van der Waals surface area (Å²) in [6.07, 6.45) is -0.106. The number of nitrogens with one attached hydrogen (secondary N) is 1. The zero-order chi connectivity index (χ0) is 18.1. The molecule has 3 rings (SSSR count). The first-order valence-electron chi connectivity index (χ1n) is 7.28. The van der Waals surface area contributed by atoms with Crippen LogP contribution in [0.1, 0.15) is 16.8 Å². The lowest BCUT2D eigenvalue weighted by atomic mass is 10.2. The number of aromatic carboxylic acids is 1. The highest BCUT2D eigenvalue weighted by Gasteiger charge is 2.39. The molecule has 8 heteroatoms. The Morgan fingerprint density at radius 2 is 2.00 bits per heavy atom. The molecule has 2 aromatic rings. The lowest BCUT2D eigenvalue weighted by Gasteiger charge is -2.16. The molecule has 0 aromatic heterocycles. The van der Waals surface area contributed by atoms with E-state index in [1.807, 2.05) is 0 Å². The number of hydrogen-bond donors (Lipinski definition) is 2. The fourth-order valence-corrected chi connectivity index (χ4v) is 2.76. The van der Waals surface area contributed by atoms with Gasteiger partial charge in [-0.3, -0.25) is 9.59 Å². The van der Waals surface area contributed by atoms with Gasteiger partial charge < -0.3 is 10.4 Å². The number of benzene rings is 2. The zero-order valence-electron chi connectivity index (χ0n) is 12.7. The van der Waals surface area contributed by atoms with E-state index in [2.05, 4.69) is 5.32 Å². The molecule has 1 fully saturated rings. The summed E-state index contributed by atoms with van der Waals surface area (Å²) in [4.78, 5) is 36.8. The number of carboxylic acids is 1. The summed E-state index contributed by atoms with van der Waals surface area (Å²) in [5, 5.41) is 11.8. The predicted octanol–water partition coefficient (Wildman–Crippen LogP) is 2.92. The number of halogens is 2. The van der Waals surface area contributed by atoms with Crippen molar-refractivity contribution in [3.05, 3.63) is 58.9 Å². The molecular formula is C17H12ClFN2O4. The second-order valence-electron chi connectivity index (χ2n) is 5.45. The zero-order valence-corrected chi connectivity index (χ0v) is 13.5. The number of imide groups is 1. The van der Waals surface area contributed by atoms with Crippen molar-refractivity contribution in [3.8, 4) is 0 Å². The van der Waals surface area contributed by atoms with Crippen LogP contribution in [-0.2, 0) is 9.59 Å². The summed E-state index contributed by atoms with van der Waals surface area (Å²) in [6.45, 7) is 0. The SMILES string of the molecule is O=C(O)c1cccc(N2C(=O)CC(Nc3ccc(F)c(Cl)c3)C2=O)c1. The highest BCUT2D eigenvalue weighted by molar-refractivity contribution is 6.31. The summed E-state index contributed by atoms with van der Waals surface area (Å²) < 4.78 is 13.2. The van der Waals surface area contributed by atoms with Crippen LogP contribution in [0.25, 0.3) is 0 Å². The van der Waals surface area contributed by atoms with Gasteiger partial charge in [0.1, 0.15) is 11.9 Å². The van der Waals surface area contributed by atoms with Crippen LogP contribution in [-0.4, -0.2) is 28.9 Å². The Morgan fingerprint density at radius 3 is 2.68 bits per heavy atom. The summed E-state index contributed by atoms with van der Waals surface area (Å²) >= 11 is 5.70. The minimum atomic E-state index is -1.16. The Labute approximate surface area is 146 Å². The molecule has 6 nitrogen and oxygen atoms in total. The van der Waals surface area contributed by atoms with Crippen LogP contribution in [0.3, 0.4) is 0 Å². The van der Waals surface area contributed by atoms with Crippen molar-refractivity contribution in [1.82, 2.24) is 0 Å². The van der Waals surface area contributed by atoms with Crippen LogP contribution in [0.15, 0.2) is 42.5 Å². The van der Waals surface area contributed by atoms with Gasteiger partial charge in [0.15, 0.2) is 0 Å². The Bertz CT molecular complexity index is 887. The standard InChI is InChI=1S/C17H12ClFN2O4/c18-12-7-10(4-5-13(12)19)20-14-8-15(22)21(16(14)23)11-3-1-2-9(6-11)17(24)25/h1-7,14,20H,8H2,(H,24,25). The van der Waals surface area contributed by atoms with Crippen LogP contribution in [0.5, 0.6) is 0 Å². The van der Waals surface area contributed by atoms with Gasteiger partial charge in [-0.25, -0.2) is 14.1 Å². The van der Waals surface area contributed by atoms with Crippen LogP contribution in [0, 0.1) is 5.82 Å². The van der Waals surface area contributed by atoms with E-state index in [9.17, 15) is 18.8 Å². The van der Waals surface area contributed by atoms with Gasteiger partial charge in [-0.15, -0.1) is 0 Å². The average Bonchev–Trinajstić information content (AvgIpc) is 2.85. The predicted molar refractivity (Wildman–Crippen MR) is 89.3 cm³/mol. The maximum Gasteiger partial charge on any atom is 0.335 e. The Hall–Kier alpha value is -2.93. The van der Waals surface area contributed by atoms with E-state index in [0.717, 1.165) is 11.0 Å². The van der Waals surface area contributed by atoms with E-state index in [-0.39, 0.29) is 22.7 Å². The van der Waals surface area contributed by atoms with Crippen molar-refractivity contribution in [2.24, 2.45) is 0 Å². The average molecular weight is 363 g/mol. The maximum atomic E-state index is 13.2. The molecule has 1 aliphatic heterocycles. The molecule has 0 radical (unpaired) electrons. The Kier molecular flexibility index (Phi) is 4.41. The number of amides is 2. The first kappa shape index (κ1) is 16.9. The highest BCUT2D eigenvalue weighted by atomic mass is 35.5. The molecule has 0 aliphatic carbocycles. The third kappa shape index (κ3) is 3.32. The number of hydrogen-bond acceptors (Lipinski definition) is 4. The van der Waals surface area contributed by atoms with Crippen molar-refractivity contribution in [2.75, 3.05) is 10.2 Å². The lowest BCUT2D eigenvalue weighted by Crippen LogP contribution is -2.34. The number of carbonyl (C=O) groups is 3. The highest BCUT2D eigenvalue weighted by Crippen LogP contribution is 2.27. The summed E-state index contributed by atoms with van der Waals surface area (Å²) in [5.41, 5.74) is 0.565. The van der Waals surface area contributed by atoms with Crippen LogP contribution < -0.4 is 10.2 Å². The fourth-order valence-electron chi connectivity index (χ4n) is 2.58. The van der Waals surface area contributed by atoms with Crippen molar-refractivity contribution in [1.29, 1.82) is 0 Å². The van der Waals surface area contributed by atoms with Gasteiger partial charge >= 0.3 is 5.97 Å². The van der Waals surface area contributed by atoms with E-state index >= 15 is 0 Å². The third-order valence-electron chi connectivity index (χ3n) is 3.76. The number of carbonyl (C=O) groups excluding carboxylic acids is 2. The van der Waals surface area contributed by atoms with Crippen LogP contribution in [0.4, 0.5) is 15.8 Å². The van der Waals surface area contributed by atoms with E-state index < -0.39 is 29.6 Å². The van der Waals surface area contributed by atoms with Crippen molar-refractivity contribution in [2.45, 2.75) is 12.5 Å². The van der Waals surface area contributed by atoms with E-state index in [0.29, 0.717) is 5.69 Å². The fraction of sp³-hybridized carbons (Fsp3) is 0.118. The molecule has 0 bridgehead atoms. The molecule has 2 N–H and O–H groups in total. The van der Waals surface area contributed by atoms with Crippen molar-refractivity contribution in [3.63, 3.8) is 0 Å². The van der Waals surface area contributed by atoms with Crippen molar-refractivity contribution >= 4 is 40.8 Å². The molecule has 1 heterocycles. The van der Waals surface area contributed by atoms with Gasteiger partial charge in [-0.05, 0) is 36.4 Å². The first-order chi connectivity index (χ1) is 11.9. The second kappa shape index (κ2) is 6.52. The van der Waals surface area contributed by atoms with E-state index in [1.54, 1.807) is 0 Å². The molecule has 2 amide bonds. The largest absolute Gasteiger partial charge is 0.478 e. The molecule has 1 aliphatic rings. The van der Waals surface area contributed by atoms with Crippen LogP contribution >= 0.6 is 11.6 Å². The molecule has 0 saturated carbocycles. The number of anilines is 2. The maximum absolute atomic E-state index is 13.2. The number of carboxylic acid groups (broad SMARTS) is 1. The normalized spacial score (nSPS) is 17.0. The Morgan fingerprint density at radius 1 is 1.24 bits per heavy atom. The van der Waals surface area contributed by atoms with Gasteiger partial charge in [-0.1, -0.05) is 17.7 Å². The van der Waals surface area contributed by atoms with Gasteiger partial charge in [-0.2, -0.15) is 0 Å². The summed E-state index contributed by atoms with van der Waals surface area (Å²) in [6, 6.07) is 8.61. The quantitative estimate of drug-likeness (QED) is 0.817. The van der Waals surface area contributed by atoms with E-state index in [1.165, 1.54) is 36.4 Å². The lowest BCUT2D eigenvalue weighted by molar-refractivity contribution is -0.121. The Balaban J connectivity index is 1.83. The molecular weight excluding hydrogens is 351 g/mol.